The Bertz CT molecular complexity index is 233. The van der Waals surface area contributed by atoms with Gasteiger partial charge < -0.3 is 0 Å². The van der Waals surface area contributed by atoms with Gasteiger partial charge in [-0.3, -0.25) is 0 Å². The molecule has 1 nitrogen and oxygen atoms in total. The zero-order chi connectivity index (χ0) is 9.50. The highest BCUT2D eigenvalue weighted by atomic mass is 32.3. The maximum Gasteiger partial charge on any atom is 0.470 e. The second kappa shape index (κ2) is 2.28. The van der Waals surface area contributed by atoms with Crippen LogP contribution < -0.4 is 0 Å². The predicted molar refractivity (Wildman–Crippen MR) is 22.5 cm³/mol. The molecule has 0 aromatic heterocycles. The Labute approximate surface area is 57.3 Å². The molecule has 0 saturated heterocycles. The fourth-order valence-corrected chi connectivity index (χ4v) is 0.418. The third kappa shape index (κ3) is 1.78. The van der Waals surface area contributed by atoms with Crippen molar-refractivity contribution < 1.29 is 29.7 Å². The van der Waals surface area contributed by atoms with Crippen molar-refractivity contribution >= 4 is 10.4 Å². The summed E-state index contributed by atoms with van der Waals surface area (Å²) >= 11 is 0. The topological polar surface area (TPSA) is 23.8 Å². The molecule has 0 aromatic rings. The number of rotatable bonds is 0. The van der Waals surface area contributed by atoms with Crippen molar-refractivity contribution in [1.82, 2.24) is 0 Å². The van der Waals surface area contributed by atoms with Crippen molar-refractivity contribution in [2.45, 2.75) is 11.4 Å². The molecule has 9 heteroatoms. The minimum Gasteiger partial charge on any atom is -0.177 e. The van der Waals surface area contributed by atoms with Gasteiger partial charge in [-0.1, -0.05) is 0 Å². The van der Waals surface area contributed by atoms with Crippen molar-refractivity contribution in [1.29, 1.82) is 4.61 Å². The third-order valence-corrected chi connectivity index (χ3v) is 1.49. The van der Waals surface area contributed by atoms with Gasteiger partial charge in [-0.2, -0.15) is 26.6 Å². The van der Waals surface area contributed by atoms with Crippen LogP contribution in [0.4, 0.5) is 29.7 Å². The molecule has 0 rings (SSSR count). The summed E-state index contributed by atoms with van der Waals surface area (Å²) in [4.78, 5) is 0. The molecule has 0 aliphatic heterocycles. The first-order chi connectivity index (χ1) is 4.50. The van der Waals surface area contributed by atoms with Gasteiger partial charge in [0.15, 0.2) is 0 Å². The zero-order valence-corrected chi connectivity index (χ0v) is 5.32. The van der Waals surface area contributed by atoms with Crippen LogP contribution in [0, 0.1) is 4.61 Å². The standard InChI is InChI=1S/C2F7NS/c3-1(4,5)2(6,7)11(8,9)10. The highest BCUT2D eigenvalue weighted by molar-refractivity contribution is 8.13. The quantitative estimate of drug-likeness (QED) is 0.554. The van der Waals surface area contributed by atoms with Crippen LogP contribution in [0.25, 0.3) is 0 Å². The summed E-state index contributed by atoms with van der Waals surface area (Å²) in [5, 5.41) is -6.32. The van der Waals surface area contributed by atoms with Crippen molar-refractivity contribution in [2.24, 2.45) is 0 Å². The molecular formula is C2F7NS. The lowest BCUT2D eigenvalue weighted by molar-refractivity contribution is -0.241. The number of nitrogens with zero attached hydrogens (tertiary/aromatic N) is 1. The van der Waals surface area contributed by atoms with E-state index in [1.807, 2.05) is 0 Å². The summed E-state index contributed by atoms with van der Waals surface area (Å²) in [5.41, 5.74) is 0. The molecule has 0 aliphatic rings. The van der Waals surface area contributed by atoms with Crippen LogP contribution in [-0.4, -0.2) is 11.4 Å². The average molecular weight is 203 g/mol. The lowest BCUT2D eigenvalue weighted by Gasteiger charge is -2.17. The van der Waals surface area contributed by atoms with E-state index in [4.69, 9.17) is 4.61 Å². The van der Waals surface area contributed by atoms with E-state index >= 15 is 0 Å². The molecule has 0 aromatic carbocycles. The van der Waals surface area contributed by atoms with Gasteiger partial charge in [0, 0.05) is 0 Å². The smallest absolute Gasteiger partial charge is 0.177 e. The van der Waals surface area contributed by atoms with Crippen LogP contribution >= 0.6 is 10.4 Å². The summed E-state index contributed by atoms with van der Waals surface area (Å²) in [5.74, 6) is 0. The molecule has 0 bridgehead atoms. The first-order valence-electron chi connectivity index (χ1n) is 1.89. The Balaban J connectivity index is 4.97. The molecule has 0 radical (unpaired) electrons. The molecule has 0 amide bonds. The molecule has 0 N–H and O–H groups in total. The second-order valence-electron chi connectivity index (χ2n) is 1.46. The minimum absolute atomic E-state index is 6.32. The van der Waals surface area contributed by atoms with Crippen LogP contribution in [0.15, 0.2) is 0 Å². The van der Waals surface area contributed by atoms with E-state index in [1.165, 1.54) is 0 Å². The molecule has 0 spiro atoms. The largest absolute Gasteiger partial charge is 0.470 e. The van der Waals surface area contributed by atoms with E-state index in [9.17, 15) is 29.7 Å². The summed E-state index contributed by atoms with van der Waals surface area (Å²) < 4.78 is 85.1. The second-order valence-corrected chi connectivity index (χ2v) is 2.85. The van der Waals surface area contributed by atoms with Crippen molar-refractivity contribution in [3.8, 4) is 0 Å². The van der Waals surface area contributed by atoms with Gasteiger partial charge in [0.25, 0.3) is 0 Å². The average Bonchev–Trinajstić information content (AvgIpc) is 1.58. The maximum absolute atomic E-state index is 11.3. The van der Waals surface area contributed by atoms with Crippen LogP contribution in [0.3, 0.4) is 0 Å². The van der Waals surface area contributed by atoms with Crippen LogP contribution in [0.5, 0.6) is 0 Å². The molecule has 0 heterocycles. The number of hydrogen-bond acceptors (Lipinski definition) is 1. The number of hydrogen-bond donors (Lipinski definition) is 0. The molecule has 11 heavy (non-hydrogen) atoms. The van der Waals surface area contributed by atoms with E-state index in [2.05, 4.69) is 0 Å². The molecule has 0 unspecified atom stereocenters. The molecule has 68 valence electrons. The summed E-state index contributed by atoms with van der Waals surface area (Å²) in [6, 6.07) is 0. The normalized spacial score (nSPS) is 15.1. The van der Waals surface area contributed by atoms with E-state index in [0.29, 0.717) is 0 Å². The monoisotopic (exact) mass is 203 g/mol. The number of halogens is 7. The highest BCUT2D eigenvalue weighted by Gasteiger charge is 2.68. The fourth-order valence-electron chi connectivity index (χ4n) is 0.139. The van der Waals surface area contributed by atoms with Gasteiger partial charge in [-0.25, -0.2) is 0 Å². The summed E-state index contributed by atoms with van der Waals surface area (Å²) in [6.45, 7) is 0. The van der Waals surface area contributed by atoms with Gasteiger partial charge in [-0.05, 0) is 0 Å². The van der Waals surface area contributed by atoms with Gasteiger partial charge in [-0.15, -0.1) is 7.77 Å². The van der Waals surface area contributed by atoms with Crippen molar-refractivity contribution in [3.05, 3.63) is 0 Å². The van der Waals surface area contributed by atoms with Gasteiger partial charge >= 0.3 is 21.9 Å². The Kier molecular flexibility index (Phi) is 2.19. The zero-order valence-electron chi connectivity index (χ0n) is 4.50. The van der Waals surface area contributed by atoms with E-state index < -0.39 is 21.9 Å². The third-order valence-electron chi connectivity index (χ3n) is 0.638. The lowest BCUT2D eigenvalue weighted by atomic mass is 10.7. The van der Waals surface area contributed by atoms with E-state index in [-0.39, 0.29) is 0 Å². The molecule has 0 fully saturated rings. The summed E-state index contributed by atoms with van der Waals surface area (Å²) in [6.07, 6.45) is -6.42. The van der Waals surface area contributed by atoms with Gasteiger partial charge in [0.05, 0.1) is 0 Å². The van der Waals surface area contributed by atoms with E-state index in [1.54, 1.807) is 0 Å². The van der Waals surface area contributed by atoms with Crippen molar-refractivity contribution in [3.63, 3.8) is 0 Å². The van der Waals surface area contributed by atoms with Gasteiger partial charge in [0.2, 0.25) is 0 Å². The Morgan fingerprint density at radius 3 is 1.18 bits per heavy atom. The molecule has 0 aliphatic carbocycles. The lowest BCUT2D eigenvalue weighted by Crippen LogP contribution is -2.34. The molecule has 0 saturated carbocycles. The minimum atomic E-state index is -6.92. The molecular weight excluding hydrogens is 203 g/mol. The van der Waals surface area contributed by atoms with Crippen LogP contribution in [-0.2, 0) is 0 Å². The number of alkyl halides is 5. The van der Waals surface area contributed by atoms with Crippen LogP contribution in [0.1, 0.15) is 0 Å². The Morgan fingerprint density at radius 2 is 1.18 bits per heavy atom. The van der Waals surface area contributed by atoms with E-state index in [0.717, 1.165) is 0 Å². The molecule has 0 atom stereocenters. The van der Waals surface area contributed by atoms with Crippen molar-refractivity contribution in [2.75, 3.05) is 0 Å². The van der Waals surface area contributed by atoms with Crippen LogP contribution in [0.2, 0.25) is 0 Å². The SMILES string of the molecule is N#S(F)(F)C(F)(F)C(F)(F)F. The first kappa shape index (κ1) is 10.6. The first-order valence-corrected chi connectivity index (χ1v) is 3.28. The van der Waals surface area contributed by atoms with Gasteiger partial charge in [0.1, 0.15) is 0 Å². The maximum atomic E-state index is 11.3. The fraction of sp³-hybridized carbons (Fsp3) is 1.00. The Morgan fingerprint density at radius 1 is 0.909 bits per heavy atom. The predicted octanol–water partition coefficient (Wildman–Crippen LogP) is 3.19. The highest BCUT2D eigenvalue weighted by Crippen LogP contribution is 2.59. The summed E-state index contributed by atoms with van der Waals surface area (Å²) in [7, 11) is -6.92. The Hall–Kier alpha value is -0.430.